The summed E-state index contributed by atoms with van der Waals surface area (Å²) < 4.78 is 0. The summed E-state index contributed by atoms with van der Waals surface area (Å²) in [5.41, 5.74) is 0. The van der Waals surface area contributed by atoms with Crippen molar-refractivity contribution in [2.75, 3.05) is 0 Å². The van der Waals surface area contributed by atoms with Crippen molar-refractivity contribution < 1.29 is 10.2 Å². The van der Waals surface area contributed by atoms with Gasteiger partial charge in [0.05, 0.1) is 0 Å². The predicted molar refractivity (Wildman–Crippen MR) is 174 cm³/mol. The lowest BCUT2D eigenvalue weighted by Gasteiger charge is -2.18. The summed E-state index contributed by atoms with van der Waals surface area (Å²) >= 11 is 0. The number of unbranched alkanes of at least 4 members (excludes halogenated alkanes) is 28. The normalized spacial score (nSPS) is 13.2. The van der Waals surface area contributed by atoms with Crippen molar-refractivity contribution in [1.29, 1.82) is 0 Å². The molecule has 0 aliphatic carbocycles. The fourth-order valence-electron chi connectivity index (χ4n) is 5.81. The molecular formula is C36H75NO2. The fourth-order valence-corrected chi connectivity index (χ4v) is 5.81. The highest BCUT2D eigenvalue weighted by atomic mass is 16.3. The van der Waals surface area contributed by atoms with E-state index in [1.807, 2.05) is 0 Å². The minimum Gasteiger partial charge on any atom is -0.379 e. The Hall–Kier alpha value is -0.120. The second-order valence-corrected chi connectivity index (χ2v) is 12.7. The Balaban J connectivity index is 3.24. The number of hydrogen-bond donors (Lipinski definition) is 3. The lowest BCUT2D eigenvalue weighted by atomic mass is 10.0. The molecule has 0 bridgehead atoms. The van der Waals surface area contributed by atoms with Gasteiger partial charge in [-0.3, -0.25) is 5.32 Å². The van der Waals surface area contributed by atoms with E-state index in [2.05, 4.69) is 19.2 Å². The zero-order valence-corrected chi connectivity index (χ0v) is 27.2. The van der Waals surface area contributed by atoms with Crippen LogP contribution in [-0.2, 0) is 0 Å². The minimum absolute atomic E-state index is 0.557. The van der Waals surface area contributed by atoms with E-state index in [1.54, 1.807) is 0 Å². The van der Waals surface area contributed by atoms with Gasteiger partial charge in [-0.1, -0.05) is 194 Å². The summed E-state index contributed by atoms with van der Waals surface area (Å²) in [6, 6.07) is 0. The van der Waals surface area contributed by atoms with E-state index in [4.69, 9.17) is 0 Å². The first kappa shape index (κ1) is 38.9. The van der Waals surface area contributed by atoms with Crippen molar-refractivity contribution >= 4 is 0 Å². The maximum atomic E-state index is 10.2. The summed E-state index contributed by atoms with van der Waals surface area (Å²) in [5, 5.41) is 23.3. The minimum atomic E-state index is -0.557. The van der Waals surface area contributed by atoms with E-state index in [0.717, 1.165) is 25.7 Å². The molecule has 2 unspecified atom stereocenters. The number of nitrogens with one attached hydrogen (secondary N) is 1. The molecule has 3 N–H and O–H groups in total. The Morgan fingerprint density at radius 2 is 0.487 bits per heavy atom. The van der Waals surface area contributed by atoms with Gasteiger partial charge in [-0.05, 0) is 25.7 Å². The molecule has 0 heterocycles. The van der Waals surface area contributed by atoms with Crippen LogP contribution >= 0.6 is 0 Å². The second-order valence-electron chi connectivity index (χ2n) is 12.7. The molecule has 0 spiro atoms. The third kappa shape index (κ3) is 34.0. The summed E-state index contributed by atoms with van der Waals surface area (Å²) in [6.07, 6.45) is 41.3. The summed E-state index contributed by atoms with van der Waals surface area (Å²) in [5.74, 6) is 0. The second kappa shape index (κ2) is 34.1. The fraction of sp³-hybridized carbons (Fsp3) is 1.00. The largest absolute Gasteiger partial charge is 0.379 e. The van der Waals surface area contributed by atoms with Gasteiger partial charge >= 0.3 is 0 Å². The lowest BCUT2D eigenvalue weighted by molar-refractivity contribution is 0.0310. The first-order chi connectivity index (χ1) is 19.2. The van der Waals surface area contributed by atoms with Gasteiger partial charge in [0.15, 0.2) is 0 Å². The van der Waals surface area contributed by atoms with Crippen LogP contribution in [0.2, 0.25) is 0 Å². The van der Waals surface area contributed by atoms with E-state index in [1.165, 1.54) is 180 Å². The molecule has 39 heavy (non-hydrogen) atoms. The summed E-state index contributed by atoms with van der Waals surface area (Å²) in [6.45, 7) is 4.57. The zero-order chi connectivity index (χ0) is 28.5. The van der Waals surface area contributed by atoms with Gasteiger partial charge in [0, 0.05) is 0 Å². The molecular weight excluding hydrogens is 478 g/mol. The molecule has 236 valence electrons. The molecule has 3 heteroatoms. The smallest absolute Gasteiger partial charge is 0.106 e. The van der Waals surface area contributed by atoms with Gasteiger partial charge in [0.25, 0.3) is 0 Å². The Labute approximate surface area is 247 Å². The van der Waals surface area contributed by atoms with Gasteiger partial charge in [-0.2, -0.15) is 0 Å². The van der Waals surface area contributed by atoms with Gasteiger partial charge < -0.3 is 10.2 Å². The van der Waals surface area contributed by atoms with Crippen LogP contribution in [0.25, 0.3) is 0 Å². The third-order valence-electron chi connectivity index (χ3n) is 8.55. The van der Waals surface area contributed by atoms with Crippen LogP contribution in [0.4, 0.5) is 0 Å². The maximum Gasteiger partial charge on any atom is 0.106 e. The molecule has 3 nitrogen and oxygen atoms in total. The van der Waals surface area contributed by atoms with Crippen molar-refractivity contribution in [2.24, 2.45) is 0 Å². The van der Waals surface area contributed by atoms with Crippen molar-refractivity contribution in [3.05, 3.63) is 0 Å². The Morgan fingerprint density at radius 3 is 0.692 bits per heavy atom. The molecule has 0 aromatic heterocycles. The lowest BCUT2D eigenvalue weighted by Crippen LogP contribution is -2.38. The quantitative estimate of drug-likeness (QED) is 0.0548. The molecule has 0 aliphatic heterocycles. The van der Waals surface area contributed by atoms with Crippen LogP contribution in [0.5, 0.6) is 0 Å². The molecule has 0 aliphatic rings. The maximum absolute atomic E-state index is 10.2. The molecule has 0 aromatic rings. The first-order valence-corrected chi connectivity index (χ1v) is 18.3. The number of aliphatic hydroxyl groups is 2. The zero-order valence-electron chi connectivity index (χ0n) is 27.2. The Kier molecular flexibility index (Phi) is 34.0. The van der Waals surface area contributed by atoms with E-state index in [9.17, 15) is 10.2 Å². The van der Waals surface area contributed by atoms with Crippen molar-refractivity contribution in [3.8, 4) is 0 Å². The molecule has 0 aromatic carbocycles. The summed E-state index contributed by atoms with van der Waals surface area (Å²) in [4.78, 5) is 0. The molecule has 0 saturated carbocycles. The molecule has 0 saturated heterocycles. The monoisotopic (exact) mass is 554 g/mol. The molecule has 2 atom stereocenters. The number of hydrogen-bond acceptors (Lipinski definition) is 3. The average Bonchev–Trinajstić information content (AvgIpc) is 2.93. The standard InChI is InChI=1S/C36H75NO2/c1-3-5-7-9-11-13-15-16-17-18-19-20-21-22-24-26-28-30-32-34-36(39)37-35(38)33-31-29-27-25-23-14-12-10-8-6-4-2/h35-39H,3-34H2,1-2H3. The average molecular weight is 554 g/mol. The molecule has 0 fully saturated rings. The topological polar surface area (TPSA) is 52.5 Å². The number of aliphatic hydroxyl groups excluding tert-OH is 2. The first-order valence-electron chi connectivity index (χ1n) is 18.3. The van der Waals surface area contributed by atoms with Crippen molar-refractivity contribution in [3.63, 3.8) is 0 Å². The van der Waals surface area contributed by atoms with Gasteiger partial charge in [0.2, 0.25) is 0 Å². The van der Waals surface area contributed by atoms with Crippen LogP contribution in [0.3, 0.4) is 0 Å². The Bertz CT molecular complexity index is 430. The van der Waals surface area contributed by atoms with Gasteiger partial charge in [-0.15, -0.1) is 0 Å². The van der Waals surface area contributed by atoms with Crippen LogP contribution in [0, 0.1) is 0 Å². The van der Waals surface area contributed by atoms with Crippen LogP contribution in [0.15, 0.2) is 0 Å². The highest BCUT2D eigenvalue weighted by Gasteiger charge is 2.09. The van der Waals surface area contributed by atoms with Crippen molar-refractivity contribution in [2.45, 2.75) is 232 Å². The SMILES string of the molecule is CCCCCCCCCCCCCCCCCCCCCC(O)NC(O)CCCCCCCCCCCCC. The van der Waals surface area contributed by atoms with E-state index >= 15 is 0 Å². The van der Waals surface area contributed by atoms with E-state index in [-0.39, 0.29) is 0 Å². The van der Waals surface area contributed by atoms with Crippen LogP contribution in [-0.4, -0.2) is 22.7 Å². The van der Waals surface area contributed by atoms with Crippen LogP contribution in [0.1, 0.15) is 219 Å². The highest BCUT2D eigenvalue weighted by molar-refractivity contribution is 4.60. The predicted octanol–water partition coefficient (Wildman–Crippen LogP) is 11.7. The van der Waals surface area contributed by atoms with Gasteiger partial charge in [-0.25, -0.2) is 0 Å². The van der Waals surface area contributed by atoms with Gasteiger partial charge in [0.1, 0.15) is 12.5 Å². The number of rotatable bonds is 34. The van der Waals surface area contributed by atoms with E-state index < -0.39 is 12.5 Å². The molecule has 0 rings (SSSR count). The Morgan fingerprint density at radius 1 is 0.308 bits per heavy atom. The third-order valence-corrected chi connectivity index (χ3v) is 8.55. The highest BCUT2D eigenvalue weighted by Crippen LogP contribution is 2.16. The summed E-state index contributed by atoms with van der Waals surface area (Å²) in [7, 11) is 0. The van der Waals surface area contributed by atoms with E-state index in [0.29, 0.717) is 0 Å². The molecule has 0 radical (unpaired) electrons. The van der Waals surface area contributed by atoms with Crippen molar-refractivity contribution in [1.82, 2.24) is 5.32 Å². The van der Waals surface area contributed by atoms with Crippen LogP contribution < -0.4 is 5.32 Å². The molecule has 0 amide bonds.